The highest BCUT2D eigenvalue weighted by Crippen LogP contribution is 2.15. The van der Waals surface area contributed by atoms with Gasteiger partial charge in [0.2, 0.25) is 0 Å². The summed E-state index contributed by atoms with van der Waals surface area (Å²) in [5.74, 6) is 1.39. The molecule has 0 aromatic heterocycles. The second kappa shape index (κ2) is 8.87. The Morgan fingerprint density at radius 1 is 1.39 bits per heavy atom. The molecule has 0 amide bonds. The molecule has 0 aliphatic carbocycles. The van der Waals surface area contributed by atoms with Crippen LogP contribution in [0, 0.1) is 11.7 Å². The van der Waals surface area contributed by atoms with Crippen molar-refractivity contribution in [1.29, 1.82) is 0 Å². The van der Waals surface area contributed by atoms with Crippen LogP contribution < -0.4 is 5.32 Å². The minimum atomic E-state index is -0.197. The molecule has 1 aliphatic heterocycles. The summed E-state index contributed by atoms with van der Waals surface area (Å²) in [5.41, 5.74) is 1.08. The molecule has 128 valence electrons. The molecule has 4 nitrogen and oxygen atoms in total. The van der Waals surface area contributed by atoms with Crippen LogP contribution in [-0.4, -0.2) is 56.0 Å². The monoisotopic (exact) mass is 320 g/mol. The molecule has 5 heteroatoms. The fourth-order valence-corrected chi connectivity index (χ4v) is 3.16. The SMILES string of the molecule is CCCN1CCC(CNC(=NC)N(C)Cc2ccc(F)cc2)C1. The van der Waals surface area contributed by atoms with Gasteiger partial charge in [0.05, 0.1) is 0 Å². The number of hydrogen-bond donors (Lipinski definition) is 1. The Hall–Kier alpha value is -1.62. The molecule has 0 radical (unpaired) electrons. The fraction of sp³-hybridized carbons (Fsp3) is 0.611. The zero-order chi connectivity index (χ0) is 16.7. The van der Waals surface area contributed by atoms with Crippen LogP contribution in [0.15, 0.2) is 29.3 Å². The Bertz CT molecular complexity index is 500. The Balaban J connectivity index is 1.79. The number of benzene rings is 1. The highest BCUT2D eigenvalue weighted by Gasteiger charge is 2.22. The smallest absolute Gasteiger partial charge is 0.193 e. The number of aliphatic imine (C=N–C) groups is 1. The van der Waals surface area contributed by atoms with E-state index in [4.69, 9.17) is 0 Å². The van der Waals surface area contributed by atoms with Crippen molar-refractivity contribution in [3.05, 3.63) is 35.6 Å². The summed E-state index contributed by atoms with van der Waals surface area (Å²) in [5, 5.41) is 3.48. The number of hydrogen-bond acceptors (Lipinski definition) is 2. The lowest BCUT2D eigenvalue weighted by molar-refractivity contribution is 0.324. The van der Waals surface area contributed by atoms with Crippen molar-refractivity contribution in [2.45, 2.75) is 26.3 Å². The molecular formula is C18H29FN4. The molecule has 0 spiro atoms. The summed E-state index contributed by atoms with van der Waals surface area (Å²) in [7, 11) is 3.82. The second-order valence-electron chi connectivity index (χ2n) is 6.37. The van der Waals surface area contributed by atoms with E-state index in [2.05, 4.69) is 27.0 Å². The van der Waals surface area contributed by atoms with Gasteiger partial charge in [-0.1, -0.05) is 19.1 Å². The third kappa shape index (κ3) is 5.50. The van der Waals surface area contributed by atoms with Gasteiger partial charge in [0, 0.05) is 33.7 Å². The third-order valence-electron chi connectivity index (χ3n) is 4.37. The van der Waals surface area contributed by atoms with Crippen LogP contribution in [0.2, 0.25) is 0 Å². The van der Waals surface area contributed by atoms with Gasteiger partial charge in [-0.25, -0.2) is 4.39 Å². The highest BCUT2D eigenvalue weighted by molar-refractivity contribution is 5.79. The first-order valence-electron chi connectivity index (χ1n) is 8.51. The second-order valence-corrected chi connectivity index (χ2v) is 6.37. The molecule has 1 aromatic rings. The first-order valence-corrected chi connectivity index (χ1v) is 8.51. The van der Waals surface area contributed by atoms with Gasteiger partial charge < -0.3 is 15.1 Å². The minimum Gasteiger partial charge on any atom is -0.356 e. The van der Waals surface area contributed by atoms with Crippen LogP contribution >= 0.6 is 0 Å². The van der Waals surface area contributed by atoms with Crippen molar-refractivity contribution in [3.63, 3.8) is 0 Å². The van der Waals surface area contributed by atoms with Gasteiger partial charge in [-0.2, -0.15) is 0 Å². The van der Waals surface area contributed by atoms with E-state index < -0.39 is 0 Å². The fourth-order valence-electron chi connectivity index (χ4n) is 3.16. The van der Waals surface area contributed by atoms with Gasteiger partial charge in [-0.15, -0.1) is 0 Å². The predicted octanol–water partition coefficient (Wildman–Crippen LogP) is 2.56. The number of halogens is 1. The van der Waals surface area contributed by atoms with Crippen LogP contribution in [0.1, 0.15) is 25.3 Å². The van der Waals surface area contributed by atoms with E-state index in [1.54, 1.807) is 0 Å². The minimum absolute atomic E-state index is 0.197. The first-order chi connectivity index (χ1) is 11.1. The lowest BCUT2D eigenvalue weighted by Crippen LogP contribution is -2.41. The number of nitrogens with one attached hydrogen (secondary N) is 1. The van der Waals surface area contributed by atoms with Gasteiger partial charge in [0.15, 0.2) is 5.96 Å². The summed E-state index contributed by atoms with van der Waals surface area (Å²) in [4.78, 5) is 8.98. The molecule has 1 N–H and O–H groups in total. The Morgan fingerprint density at radius 2 is 2.13 bits per heavy atom. The normalized spacial score (nSPS) is 19.1. The molecule has 0 saturated carbocycles. The molecule has 1 fully saturated rings. The number of likely N-dealkylation sites (tertiary alicyclic amines) is 1. The maximum absolute atomic E-state index is 13.0. The Labute approximate surface area is 139 Å². The van der Waals surface area contributed by atoms with Gasteiger partial charge in [0.25, 0.3) is 0 Å². The molecule has 1 aromatic carbocycles. The average molecular weight is 320 g/mol. The Morgan fingerprint density at radius 3 is 2.78 bits per heavy atom. The maximum Gasteiger partial charge on any atom is 0.193 e. The van der Waals surface area contributed by atoms with Crippen molar-refractivity contribution < 1.29 is 4.39 Å². The van der Waals surface area contributed by atoms with Gasteiger partial charge in [-0.3, -0.25) is 4.99 Å². The number of nitrogens with zero attached hydrogens (tertiary/aromatic N) is 3. The van der Waals surface area contributed by atoms with Crippen LogP contribution in [0.4, 0.5) is 4.39 Å². The zero-order valence-electron chi connectivity index (χ0n) is 14.6. The van der Waals surface area contributed by atoms with Crippen molar-refractivity contribution in [3.8, 4) is 0 Å². The van der Waals surface area contributed by atoms with E-state index in [1.807, 2.05) is 26.2 Å². The number of rotatable bonds is 6. The van der Waals surface area contributed by atoms with Crippen LogP contribution in [0.3, 0.4) is 0 Å². The van der Waals surface area contributed by atoms with Crippen LogP contribution in [-0.2, 0) is 6.54 Å². The van der Waals surface area contributed by atoms with Gasteiger partial charge in [0.1, 0.15) is 5.82 Å². The molecule has 1 saturated heterocycles. The standard InChI is InChI=1S/C18H29FN4/c1-4-10-23-11-9-16(14-23)12-21-18(20-2)22(3)13-15-5-7-17(19)8-6-15/h5-8,16H,4,9-14H2,1-3H3,(H,20,21). The van der Waals surface area contributed by atoms with Crippen molar-refractivity contribution in [1.82, 2.24) is 15.1 Å². The van der Waals surface area contributed by atoms with Crippen molar-refractivity contribution >= 4 is 5.96 Å². The quantitative estimate of drug-likeness (QED) is 0.645. The van der Waals surface area contributed by atoms with E-state index in [9.17, 15) is 4.39 Å². The third-order valence-corrected chi connectivity index (χ3v) is 4.37. The van der Waals surface area contributed by atoms with E-state index in [0.717, 1.165) is 18.1 Å². The van der Waals surface area contributed by atoms with E-state index in [1.165, 1.54) is 44.6 Å². The Kier molecular flexibility index (Phi) is 6.84. The highest BCUT2D eigenvalue weighted by atomic mass is 19.1. The molecule has 2 rings (SSSR count). The molecule has 1 atom stereocenters. The topological polar surface area (TPSA) is 30.9 Å². The van der Waals surface area contributed by atoms with E-state index in [0.29, 0.717) is 12.5 Å². The zero-order valence-corrected chi connectivity index (χ0v) is 14.6. The molecule has 1 unspecified atom stereocenters. The van der Waals surface area contributed by atoms with Gasteiger partial charge in [-0.05, 0) is 49.5 Å². The van der Waals surface area contributed by atoms with E-state index in [-0.39, 0.29) is 5.82 Å². The summed E-state index contributed by atoms with van der Waals surface area (Å²) >= 11 is 0. The van der Waals surface area contributed by atoms with Crippen LogP contribution in [0.25, 0.3) is 0 Å². The largest absolute Gasteiger partial charge is 0.356 e. The summed E-state index contributed by atoms with van der Waals surface area (Å²) < 4.78 is 13.0. The lowest BCUT2D eigenvalue weighted by Gasteiger charge is -2.23. The molecule has 23 heavy (non-hydrogen) atoms. The molecule has 1 heterocycles. The molecule has 0 bridgehead atoms. The van der Waals surface area contributed by atoms with Crippen molar-refractivity contribution in [2.24, 2.45) is 10.9 Å². The van der Waals surface area contributed by atoms with Gasteiger partial charge >= 0.3 is 0 Å². The molecule has 1 aliphatic rings. The summed E-state index contributed by atoms with van der Waals surface area (Å²) in [6, 6.07) is 6.64. The first kappa shape index (κ1) is 17.7. The average Bonchev–Trinajstić information content (AvgIpc) is 2.98. The maximum atomic E-state index is 13.0. The van der Waals surface area contributed by atoms with Crippen molar-refractivity contribution in [2.75, 3.05) is 40.3 Å². The summed E-state index contributed by atoms with van der Waals surface area (Å²) in [6.45, 7) is 7.50. The predicted molar refractivity (Wildman–Crippen MR) is 94.1 cm³/mol. The summed E-state index contributed by atoms with van der Waals surface area (Å²) in [6.07, 6.45) is 2.48. The molecular weight excluding hydrogens is 291 g/mol. The lowest BCUT2D eigenvalue weighted by atomic mass is 10.1. The number of guanidine groups is 1. The van der Waals surface area contributed by atoms with E-state index >= 15 is 0 Å². The van der Waals surface area contributed by atoms with Crippen LogP contribution in [0.5, 0.6) is 0 Å².